The van der Waals surface area contributed by atoms with Crippen molar-refractivity contribution < 1.29 is 9.53 Å². The van der Waals surface area contributed by atoms with Crippen molar-refractivity contribution in [1.82, 2.24) is 19.5 Å². The third kappa shape index (κ3) is 4.72. The average molecular weight is 506 g/mol. The summed E-state index contributed by atoms with van der Waals surface area (Å²) in [5, 5.41) is 5.05. The molecule has 0 spiro atoms. The van der Waals surface area contributed by atoms with E-state index < -0.39 is 0 Å². The van der Waals surface area contributed by atoms with E-state index in [9.17, 15) is 4.79 Å². The Balaban J connectivity index is 1.64. The molecule has 1 aromatic carbocycles. The molecule has 2 N–H and O–H groups in total. The fourth-order valence-electron chi connectivity index (χ4n) is 5.66. The number of aromatic nitrogens is 3. The first-order valence-corrected chi connectivity index (χ1v) is 13.4. The fraction of sp³-hybridized carbons (Fsp3) is 0.536. The Labute approximate surface area is 219 Å². The van der Waals surface area contributed by atoms with Crippen molar-refractivity contribution in [2.45, 2.75) is 58.5 Å². The van der Waals surface area contributed by atoms with Crippen LogP contribution >= 0.6 is 0 Å². The summed E-state index contributed by atoms with van der Waals surface area (Å²) in [5.41, 5.74) is 10.6. The minimum Gasteiger partial charge on any atom is -0.493 e. The van der Waals surface area contributed by atoms with Gasteiger partial charge < -0.3 is 25.2 Å². The number of amides is 1. The SMILES string of the molecule is CC[C@H]1c2cc3nc(N4CC[C@H](N)C4)c(C)c(n3n2)N(C)CCCCOc2ccc(C)cc2C(=O)N1C. The maximum atomic E-state index is 13.8. The molecule has 1 fully saturated rings. The Kier molecular flexibility index (Phi) is 6.98. The van der Waals surface area contributed by atoms with Crippen LogP contribution in [0.25, 0.3) is 5.65 Å². The van der Waals surface area contributed by atoms with Crippen LogP contribution in [-0.4, -0.2) is 71.8 Å². The lowest BCUT2D eigenvalue weighted by Gasteiger charge is -2.27. The predicted octanol–water partition coefficient (Wildman–Crippen LogP) is 3.72. The third-order valence-electron chi connectivity index (χ3n) is 7.71. The second-order valence-corrected chi connectivity index (χ2v) is 10.5. The number of nitrogens with two attached hydrogens (primary N) is 1. The van der Waals surface area contributed by atoms with Gasteiger partial charge in [-0.15, -0.1) is 0 Å². The molecule has 2 aliphatic rings. The van der Waals surface area contributed by atoms with Gasteiger partial charge in [0.25, 0.3) is 5.91 Å². The topological polar surface area (TPSA) is 92.2 Å². The molecule has 0 radical (unpaired) electrons. The van der Waals surface area contributed by atoms with Gasteiger partial charge in [0.2, 0.25) is 0 Å². The largest absolute Gasteiger partial charge is 0.493 e. The van der Waals surface area contributed by atoms with Gasteiger partial charge in [-0.25, -0.2) is 4.98 Å². The van der Waals surface area contributed by atoms with E-state index in [2.05, 4.69) is 30.7 Å². The van der Waals surface area contributed by atoms with Crippen molar-refractivity contribution in [3.05, 3.63) is 46.6 Å². The average Bonchev–Trinajstić information content (AvgIpc) is 3.49. The Morgan fingerprint density at radius 3 is 2.68 bits per heavy atom. The molecule has 198 valence electrons. The number of rotatable bonds is 2. The molecule has 3 aromatic rings. The van der Waals surface area contributed by atoms with E-state index in [1.807, 2.05) is 42.8 Å². The van der Waals surface area contributed by atoms with E-state index in [1.165, 1.54) is 0 Å². The van der Waals surface area contributed by atoms with Crippen LogP contribution in [0.1, 0.15) is 65.8 Å². The summed E-state index contributed by atoms with van der Waals surface area (Å²) in [4.78, 5) is 25.2. The van der Waals surface area contributed by atoms with Gasteiger partial charge in [0.1, 0.15) is 17.4 Å². The molecule has 2 atom stereocenters. The van der Waals surface area contributed by atoms with Crippen LogP contribution in [0, 0.1) is 13.8 Å². The highest BCUT2D eigenvalue weighted by atomic mass is 16.5. The normalized spacial score (nSPS) is 21.2. The predicted molar refractivity (Wildman–Crippen MR) is 147 cm³/mol. The molecule has 0 aliphatic carbocycles. The Morgan fingerprint density at radius 2 is 1.95 bits per heavy atom. The quantitative estimate of drug-likeness (QED) is 0.568. The lowest BCUT2D eigenvalue weighted by molar-refractivity contribution is 0.0718. The molecule has 2 aliphatic heterocycles. The molecular weight excluding hydrogens is 466 g/mol. The van der Waals surface area contributed by atoms with E-state index in [4.69, 9.17) is 20.6 Å². The van der Waals surface area contributed by atoms with Gasteiger partial charge in [-0.3, -0.25) is 4.79 Å². The first-order chi connectivity index (χ1) is 17.8. The van der Waals surface area contributed by atoms with E-state index >= 15 is 0 Å². The summed E-state index contributed by atoms with van der Waals surface area (Å²) < 4.78 is 8.09. The summed E-state index contributed by atoms with van der Waals surface area (Å²) in [6, 6.07) is 7.83. The molecule has 1 amide bonds. The van der Waals surface area contributed by atoms with Crippen LogP contribution in [0.4, 0.5) is 11.6 Å². The fourth-order valence-corrected chi connectivity index (χ4v) is 5.66. The molecule has 5 rings (SSSR count). The molecule has 4 heterocycles. The molecule has 37 heavy (non-hydrogen) atoms. The summed E-state index contributed by atoms with van der Waals surface area (Å²) in [6.07, 6.45) is 3.52. The smallest absolute Gasteiger partial charge is 0.257 e. The monoisotopic (exact) mass is 505 g/mol. The summed E-state index contributed by atoms with van der Waals surface area (Å²) in [6.45, 7) is 9.34. The van der Waals surface area contributed by atoms with Gasteiger partial charge >= 0.3 is 0 Å². The molecule has 2 bridgehead atoms. The van der Waals surface area contributed by atoms with Crippen LogP contribution in [0.3, 0.4) is 0 Å². The number of hydrogen-bond donors (Lipinski definition) is 1. The highest BCUT2D eigenvalue weighted by Crippen LogP contribution is 2.34. The first-order valence-electron chi connectivity index (χ1n) is 13.4. The van der Waals surface area contributed by atoms with Gasteiger partial charge in [0.15, 0.2) is 5.65 Å². The van der Waals surface area contributed by atoms with Crippen molar-refractivity contribution in [1.29, 1.82) is 0 Å². The maximum absolute atomic E-state index is 13.8. The van der Waals surface area contributed by atoms with Crippen molar-refractivity contribution in [3.8, 4) is 5.75 Å². The number of ether oxygens (including phenoxy) is 1. The minimum absolute atomic E-state index is 0.0642. The summed E-state index contributed by atoms with van der Waals surface area (Å²) >= 11 is 0. The minimum atomic E-state index is -0.199. The van der Waals surface area contributed by atoms with E-state index in [0.717, 1.165) is 79.4 Å². The highest BCUT2D eigenvalue weighted by molar-refractivity contribution is 5.97. The van der Waals surface area contributed by atoms with E-state index in [-0.39, 0.29) is 18.0 Å². The van der Waals surface area contributed by atoms with Gasteiger partial charge in [0, 0.05) is 51.4 Å². The number of anilines is 2. The van der Waals surface area contributed by atoms with E-state index in [1.54, 1.807) is 4.90 Å². The maximum Gasteiger partial charge on any atom is 0.257 e. The zero-order chi connectivity index (χ0) is 26.3. The third-order valence-corrected chi connectivity index (χ3v) is 7.71. The van der Waals surface area contributed by atoms with Crippen molar-refractivity contribution in [3.63, 3.8) is 0 Å². The van der Waals surface area contributed by atoms with Crippen LogP contribution in [-0.2, 0) is 0 Å². The lowest BCUT2D eigenvalue weighted by Crippen LogP contribution is -2.31. The molecule has 0 unspecified atom stereocenters. The number of carbonyl (C=O) groups is 1. The zero-order valence-electron chi connectivity index (χ0n) is 22.7. The Morgan fingerprint density at radius 1 is 1.14 bits per heavy atom. The number of fused-ring (bicyclic) bond motifs is 2. The van der Waals surface area contributed by atoms with Gasteiger partial charge in [0.05, 0.1) is 23.9 Å². The number of carbonyl (C=O) groups excluding carboxylic acids is 1. The lowest BCUT2D eigenvalue weighted by atomic mass is 10.1. The highest BCUT2D eigenvalue weighted by Gasteiger charge is 2.29. The second-order valence-electron chi connectivity index (χ2n) is 10.5. The number of nitrogens with zero attached hydrogens (tertiary/aromatic N) is 6. The van der Waals surface area contributed by atoms with E-state index in [0.29, 0.717) is 17.9 Å². The summed E-state index contributed by atoms with van der Waals surface area (Å²) in [5.74, 6) is 2.58. The molecule has 0 saturated carbocycles. The van der Waals surface area contributed by atoms with Gasteiger partial charge in [-0.1, -0.05) is 18.6 Å². The molecule has 9 nitrogen and oxygen atoms in total. The van der Waals surface area contributed by atoms with Gasteiger partial charge in [-0.05, 0) is 51.7 Å². The molecule has 9 heteroatoms. The number of aryl methyl sites for hydroxylation is 1. The number of hydrogen-bond acceptors (Lipinski definition) is 7. The molecule has 2 aromatic heterocycles. The van der Waals surface area contributed by atoms with Crippen molar-refractivity contribution in [2.24, 2.45) is 5.73 Å². The first kappa shape index (κ1) is 25.3. The standard InChI is InChI=1S/C28H39N7O2/c1-6-23-22-16-25-30-26(34-13-11-20(29)17-34)19(3)27(35(25)31-22)32(4)12-7-8-14-37-24-10-9-18(2)15-21(24)28(36)33(23)5/h9-10,15-16,20,23H,6-8,11-14,17,29H2,1-5H3/t20-,23-/m0/s1. The summed E-state index contributed by atoms with van der Waals surface area (Å²) in [7, 11) is 3.97. The Bertz CT molecular complexity index is 1300. The van der Waals surface area contributed by atoms with Crippen LogP contribution in [0.2, 0.25) is 0 Å². The van der Waals surface area contributed by atoms with Crippen LogP contribution in [0.5, 0.6) is 5.75 Å². The van der Waals surface area contributed by atoms with Crippen molar-refractivity contribution in [2.75, 3.05) is 50.1 Å². The van der Waals surface area contributed by atoms with Crippen LogP contribution < -0.4 is 20.3 Å². The molecular formula is C28H39N7O2. The van der Waals surface area contributed by atoms with Crippen molar-refractivity contribution >= 4 is 23.2 Å². The molecule has 1 saturated heterocycles. The Hall–Kier alpha value is -3.33. The zero-order valence-corrected chi connectivity index (χ0v) is 22.7. The van der Waals surface area contributed by atoms with Gasteiger partial charge in [-0.2, -0.15) is 9.61 Å². The number of benzene rings is 1. The van der Waals surface area contributed by atoms with Crippen LogP contribution in [0.15, 0.2) is 24.3 Å². The second kappa shape index (κ2) is 10.2.